The highest BCUT2D eigenvalue weighted by Gasteiger charge is 2.10. The average Bonchev–Trinajstić information content (AvgIpc) is 2.41. The summed E-state index contributed by atoms with van der Waals surface area (Å²) in [7, 11) is 0. The average molecular weight is 236 g/mol. The van der Waals surface area contributed by atoms with Crippen LogP contribution in [0, 0.1) is 0 Å². The number of hydrogen-bond acceptors (Lipinski definition) is 4. The molecule has 1 heterocycles. The number of nitrogens with zero attached hydrogens (tertiary/aromatic N) is 1. The number of anilines is 1. The van der Waals surface area contributed by atoms with Gasteiger partial charge < -0.3 is 14.5 Å². The van der Waals surface area contributed by atoms with E-state index in [2.05, 4.69) is 34.6 Å². The lowest BCUT2D eigenvalue weighted by atomic mass is 10.2. The van der Waals surface area contributed by atoms with E-state index in [1.54, 1.807) is 0 Å². The molecule has 1 aromatic carbocycles. The summed E-state index contributed by atoms with van der Waals surface area (Å²) in [4.78, 5) is 7.46. The first kappa shape index (κ1) is 12.4. The van der Waals surface area contributed by atoms with E-state index in [0.717, 1.165) is 32.8 Å². The first-order valence-corrected chi connectivity index (χ1v) is 6.16. The van der Waals surface area contributed by atoms with Crippen molar-refractivity contribution >= 4 is 5.69 Å². The molecule has 4 nitrogen and oxygen atoms in total. The van der Waals surface area contributed by atoms with Crippen molar-refractivity contribution in [2.24, 2.45) is 0 Å². The van der Waals surface area contributed by atoms with Gasteiger partial charge in [-0.3, -0.25) is 0 Å². The SMILES string of the molecule is CCONCc1ccc(N2CCOCC2)cc1. The maximum absolute atomic E-state index is 5.34. The second-order valence-electron chi connectivity index (χ2n) is 4.02. The molecule has 17 heavy (non-hydrogen) atoms. The molecule has 94 valence electrons. The van der Waals surface area contributed by atoms with Crippen LogP contribution in [-0.2, 0) is 16.1 Å². The molecule has 1 aromatic rings. The van der Waals surface area contributed by atoms with E-state index in [-0.39, 0.29) is 0 Å². The van der Waals surface area contributed by atoms with Gasteiger partial charge in [-0.05, 0) is 24.6 Å². The normalized spacial score (nSPS) is 16.2. The Morgan fingerprint density at radius 3 is 2.59 bits per heavy atom. The third-order valence-electron chi connectivity index (χ3n) is 2.84. The van der Waals surface area contributed by atoms with Gasteiger partial charge in [-0.1, -0.05) is 12.1 Å². The molecule has 1 aliphatic heterocycles. The molecule has 1 fully saturated rings. The fourth-order valence-electron chi connectivity index (χ4n) is 1.88. The summed E-state index contributed by atoms with van der Waals surface area (Å²) < 4.78 is 5.34. The van der Waals surface area contributed by atoms with Crippen molar-refractivity contribution in [2.75, 3.05) is 37.8 Å². The van der Waals surface area contributed by atoms with Gasteiger partial charge >= 0.3 is 0 Å². The van der Waals surface area contributed by atoms with Crippen molar-refractivity contribution < 1.29 is 9.57 Å². The van der Waals surface area contributed by atoms with Crippen molar-refractivity contribution in [1.29, 1.82) is 0 Å². The predicted octanol–water partition coefficient (Wildman–Crippen LogP) is 1.56. The Morgan fingerprint density at radius 1 is 1.24 bits per heavy atom. The standard InChI is InChI=1S/C13H20N2O2/c1-2-17-14-11-12-3-5-13(6-4-12)15-7-9-16-10-8-15/h3-6,14H,2,7-11H2,1H3. The Hall–Kier alpha value is -1.10. The lowest BCUT2D eigenvalue weighted by molar-refractivity contribution is 0.0463. The zero-order chi connectivity index (χ0) is 11.9. The first-order chi connectivity index (χ1) is 8.40. The molecule has 1 N–H and O–H groups in total. The second kappa shape index (κ2) is 6.59. The van der Waals surface area contributed by atoms with Crippen LogP contribution >= 0.6 is 0 Å². The summed E-state index contributed by atoms with van der Waals surface area (Å²) in [5, 5.41) is 0. The molecule has 0 bridgehead atoms. The van der Waals surface area contributed by atoms with E-state index in [9.17, 15) is 0 Å². The third-order valence-corrected chi connectivity index (χ3v) is 2.84. The number of ether oxygens (including phenoxy) is 1. The molecule has 1 aliphatic rings. The Labute approximate surface area is 102 Å². The number of nitrogens with one attached hydrogen (secondary N) is 1. The first-order valence-electron chi connectivity index (χ1n) is 6.16. The zero-order valence-corrected chi connectivity index (χ0v) is 10.3. The molecule has 0 radical (unpaired) electrons. The fourth-order valence-corrected chi connectivity index (χ4v) is 1.88. The van der Waals surface area contributed by atoms with E-state index in [1.807, 2.05) is 6.92 Å². The van der Waals surface area contributed by atoms with Gasteiger partial charge in [0.05, 0.1) is 19.8 Å². The van der Waals surface area contributed by atoms with Crippen molar-refractivity contribution in [3.63, 3.8) is 0 Å². The second-order valence-corrected chi connectivity index (χ2v) is 4.02. The van der Waals surface area contributed by atoms with Crippen molar-refractivity contribution in [3.05, 3.63) is 29.8 Å². The zero-order valence-electron chi connectivity index (χ0n) is 10.3. The Balaban J connectivity index is 1.88. The summed E-state index contributed by atoms with van der Waals surface area (Å²) in [5.41, 5.74) is 5.42. The largest absolute Gasteiger partial charge is 0.378 e. The summed E-state index contributed by atoms with van der Waals surface area (Å²) in [6.07, 6.45) is 0. The Kier molecular flexibility index (Phi) is 4.79. The maximum Gasteiger partial charge on any atom is 0.0654 e. The van der Waals surface area contributed by atoms with Crippen LogP contribution < -0.4 is 10.4 Å². The molecule has 0 spiro atoms. The molecular weight excluding hydrogens is 216 g/mol. The predicted molar refractivity (Wildman–Crippen MR) is 67.9 cm³/mol. The molecule has 0 atom stereocenters. The minimum Gasteiger partial charge on any atom is -0.378 e. The molecule has 0 amide bonds. The van der Waals surface area contributed by atoms with Crippen LogP contribution in [0.1, 0.15) is 12.5 Å². The van der Waals surface area contributed by atoms with Crippen LogP contribution in [-0.4, -0.2) is 32.9 Å². The highest BCUT2D eigenvalue weighted by atomic mass is 16.6. The van der Waals surface area contributed by atoms with Gasteiger partial charge in [-0.25, -0.2) is 0 Å². The Morgan fingerprint density at radius 2 is 1.94 bits per heavy atom. The number of morpholine rings is 1. The van der Waals surface area contributed by atoms with E-state index in [1.165, 1.54) is 11.3 Å². The minimum atomic E-state index is 0.686. The van der Waals surface area contributed by atoms with Gasteiger partial charge in [-0.2, -0.15) is 5.48 Å². The van der Waals surface area contributed by atoms with E-state index in [4.69, 9.17) is 9.57 Å². The maximum atomic E-state index is 5.34. The molecule has 2 rings (SSSR count). The molecule has 4 heteroatoms. The monoisotopic (exact) mass is 236 g/mol. The fraction of sp³-hybridized carbons (Fsp3) is 0.538. The summed E-state index contributed by atoms with van der Waals surface area (Å²) in [5.74, 6) is 0. The quantitative estimate of drug-likeness (QED) is 0.621. The van der Waals surface area contributed by atoms with Crippen LogP contribution in [0.2, 0.25) is 0 Å². The summed E-state index contributed by atoms with van der Waals surface area (Å²) >= 11 is 0. The van der Waals surface area contributed by atoms with Gasteiger partial charge in [-0.15, -0.1) is 0 Å². The van der Waals surface area contributed by atoms with Gasteiger partial charge in [0, 0.05) is 25.3 Å². The van der Waals surface area contributed by atoms with Crippen LogP contribution in [0.15, 0.2) is 24.3 Å². The van der Waals surface area contributed by atoms with E-state index < -0.39 is 0 Å². The van der Waals surface area contributed by atoms with E-state index >= 15 is 0 Å². The van der Waals surface area contributed by atoms with Crippen molar-refractivity contribution in [3.8, 4) is 0 Å². The van der Waals surface area contributed by atoms with Crippen molar-refractivity contribution in [1.82, 2.24) is 5.48 Å². The minimum absolute atomic E-state index is 0.686. The van der Waals surface area contributed by atoms with Crippen molar-refractivity contribution in [2.45, 2.75) is 13.5 Å². The number of hydrogen-bond donors (Lipinski definition) is 1. The molecule has 0 unspecified atom stereocenters. The highest BCUT2D eigenvalue weighted by molar-refractivity contribution is 5.47. The smallest absolute Gasteiger partial charge is 0.0654 e. The van der Waals surface area contributed by atoms with Crippen LogP contribution in [0.4, 0.5) is 5.69 Å². The van der Waals surface area contributed by atoms with Crippen LogP contribution in [0.5, 0.6) is 0 Å². The van der Waals surface area contributed by atoms with Gasteiger partial charge in [0.15, 0.2) is 0 Å². The van der Waals surface area contributed by atoms with Crippen LogP contribution in [0.25, 0.3) is 0 Å². The highest BCUT2D eigenvalue weighted by Crippen LogP contribution is 2.16. The molecule has 0 aromatic heterocycles. The number of benzene rings is 1. The van der Waals surface area contributed by atoms with Gasteiger partial charge in [0.1, 0.15) is 0 Å². The molecule has 1 saturated heterocycles. The number of hydroxylamine groups is 1. The lowest BCUT2D eigenvalue weighted by Gasteiger charge is -2.28. The topological polar surface area (TPSA) is 33.7 Å². The number of rotatable bonds is 5. The van der Waals surface area contributed by atoms with Gasteiger partial charge in [0.25, 0.3) is 0 Å². The summed E-state index contributed by atoms with van der Waals surface area (Å²) in [6.45, 7) is 7.02. The molecule has 0 aliphatic carbocycles. The van der Waals surface area contributed by atoms with Crippen LogP contribution in [0.3, 0.4) is 0 Å². The lowest BCUT2D eigenvalue weighted by Crippen LogP contribution is -2.36. The summed E-state index contributed by atoms with van der Waals surface area (Å²) in [6, 6.07) is 8.59. The Bertz CT molecular complexity index is 321. The molecule has 0 saturated carbocycles. The van der Waals surface area contributed by atoms with Gasteiger partial charge in [0.2, 0.25) is 0 Å². The van der Waals surface area contributed by atoms with E-state index in [0.29, 0.717) is 6.61 Å². The third kappa shape index (κ3) is 3.70. The molecular formula is C13H20N2O2.